The highest BCUT2D eigenvalue weighted by atomic mass is 35.5. The van der Waals surface area contributed by atoms with Gasteiger partial charge in [-0.2, -0.15) is 0 Å². The van der Waals surface area contributed by atoms with Crippen LogP contribution in [0.2, 0.25) is 10.0 Å². The van der Waals surface area contributed by atoms with E-state index in [2.05, 4.69) is 5.32 Å². The molecule has 5 heteroatoms. The van der Waals surface area contributed by atoms with Crippen LogP contribution >= 0.6 is 23.2 Å². The summed E-state index contributed by atoms with van der Waals surface area (Å²) in [5.41, 5.74) is 1.77. The second-order valence-electron chi connectivity index (χ2n) is 4.97. The van der Waals surface area contributed by atoms with Crippen LogP contribution in [-0.2, 0) is 6.54 Å². The maximum atomic E-state index is 13.6. The molecule has 2 aromatic rings. The molecule has 0 amide bonds. The lowest BCUT2D eigenvalue weighted by atomic mass is 10.1. The van der Waals surface area contributed by atoms with E-state index in [-0.39, 0.29) is 11.1 Å². The van der Waals surface area contributed by atoms with Crippen molar-refractivity contribution in [3.05, 3.63) is 63.4 Å². The third kappa shape index (κ3) is 4.35. The minimum atomic E-state index is -0.465. The van der Waals surface area contributed by atoms with Crippen molar-refractivity contribution in [3.8, 4) is 5.75 Å². The van der Waals surface area contributed by atoms with E-state index in [1.54, 1.807) is 0 Å². The minimum absolute atomic E-state index is 0.0327. The molecule has 0 radical (unpaired) electrons. The maximum Gasteiger partial charge on any atom is 0.142 e. The van der Waals surface area contributed by atoms with Crippen LogP contribution in [0.25, 0.3) is 0 Å². The Morgan fingerprint density at radius 1 is 1.18 bits per heavy atom. The fourth-order valence-electron chi connectivity index (χ4n) is 2.16. The van der Waals surface area contributed by atoms with Gasteiger partial charge in [-0.15, -0.1) is 0 Å². The molecular formula is C17H18Cl2FNO. The van der Waals surface area contributed by atoms with E-state index >= 15 is 0 Å². The number of benzene rings is 2. The van der Waals surface area contributed by atoms with E-state index in [4.69, 9.17) is 27.9 Å². The van der Waals surface area contributed by atoms with Crippen molar-refractivity contribution in [1.29, 1.82) is 0 Å². The summed E-state index contributed by atoms with van der Waals surface area (Å²) in [6.07, 6.45) is 0. The third-order valence-electron chi connectivity index (χ3n) is 3.33. The van der Waals surface area contributed by atoms with Crippen LogP contribution in [0.15, 0.2) is 36.4 Å². The smallest absolute Gasteiger partial charge is 0.142 e. The lowest BCUT2D eigenvalue weighted by molar-refractivity contribution is 0.339. The minimum Gasteiger partial charge on any atom is -0.494 e. The Labute approximate surface area is 140 Å². The highest BCUT2D eigenvalue weighted by Crippen LogP contribution is 2.28. The van der Waals surface area contributed by atoms with E-state index in [1.807, 2.05) is 38.1 Å². The van der Waals surface area contributed by atoms with Crippen LogP contribution in [0.5, 0.6) is 5.75 Å². The number of rotatable bonds is 6. The van der Waals surface area contributed by atoms with Gasteiger partial charge in [0.15, 0.2) is 0 Å². The summed E-state index contributed by atoms with van der Waals surface area (Å²) in [6.45, 7) is 5.14. The molecule has 1 N–H and O–H groups in total. The van der Waals surface area contributed by atoms with Crippen LogP contribution in [-0.4, -0.2) is 6.61 Å². The summed E-state index contributed by atoms with van der Waals surface area (Å²) < 4.78 is 19.1. The van der Waals surface area contributed by atoms with Gasteiger partial charge in [0.2, 0.25) is 0 Å². The molecule has 1 atom stereocenters. The molecule has 2 aromatic carbocycles. The zero-order valence-electron chi connectivity index (χ0n) is 12.5. The van der Waals surface area contributed by atoms with Crippen molar-refractivity contribution in [1.82, 2.24) is 5.32 Å². The highest BCUT2D eigenvalue weighted by Gasteiger charge is 2.13. The Kier molecular flexibility index (Phi) is 6.07. The Balaban J connectivity index is 2.05. The molecule has 0 fully saturated rings. The summed E-state index contributed by atoms with van der Waals surface area (Å²) in [5.74, 6) is 0.373. The summed E-state index contributed by atoms with van der Waals surface area (Å²) in [5, 5.41) is 3.81. The fourth-order valence-corrected chi connectivity index (χ4v) is 2.71. The number of halogens is 3. The first-order valence-electron chi connectivity index (χ1n) is 7.10. The predicted molar refractivity (Wildman–Crippen MR) is 89.3 cm³/mol. The van der Waals surface area contributed by atoms with E-state index in [1.165, 1.54) is 12.1 Å². The largest absolute Gasteiger partial charge is 0.494 e. The van der Waals surface area contributed by atoms with E-state index in [0.717, 1.165) is 11.3 Å². The van der Waals surface area contributed by atoms with Gasteiger partial charge in [0.25, 0.3) is 0 Å². The van der Waals surface area contributed by atoms with Crippen LogP contribution in [0.4, 0.5) is 4.39 Å². The molecule has 0 heterocycles. The van der Waals surface area contributed by atoms with Crippen molar-refractivity contribution in [2.75, 3.05) is 6.61 Å². The number of ether oxygens (including phenoxy) is 1. The van der Waals surface area contributed by atoms with Gasteiger partial charge in [-0.05, 0) is 49.2 Å². The van der Waals surface area contributed by atoms with Gasteiger partial charge in [-0.3, -0.25) is 0 Å². The molecule has 2 rings (SSSR count). The van der Waals surface area contributed by atoms with Gasteiger partial charge in [0.1, 0.15) is 11.6 Å². The number of hydrogen-bond acceptors (Lipinski definition) is 2. The maximum absolute atomic E-state index is 13.6. The summed E-state index contributed by atoms with van der Waals surface area (Å²) >= 11 is 11.9. The zero-order valence-corrected chi connectivity index (χ0v) is 14.0. The zero-order chi connectivity index (χ0) is 16.1. The Bertz CT molecular complexity index is 649. The topological polar surface area (TPSA) is 21.3 Å². The number of nitrogens with one attached hydrogen (secondary N) is 1. The van der Waals surface area contributed by atoms with Crippen molar-refractivity contribution in [2.45, 2.75) is 26.4 Å². The molecular weight excluding hydrogens is 324 g/mol. The van der Waals surface area contributed by atoms with Crippen molar-refractivity contribution < 1.29 is 9.13 Å². The van der Waals surface area contributed by atoms with Gasteiger partial charge in [-0.25, -0.2) is 4.39 Å². The molecule has 22 heavy (non-hydrogen) atoms. The van der Waals surface area contributed by atoms with Gasteiger partial charge < -0.3 is 10.1 Å². The molecule has 0 aliphatic heterocycles. The quantitative estimate of drug-likeness (QED) is 0.712. The average Bonchev–Trinajstić information content (AvgIpc) is 2.49. The van der Waals surface area contributed by atoms with Crippen molar-refractivity contribution >= 4 is 23.2 Å². The summed E-state index contributed by atoms with van der Waals surface area (Å²) in [4.78, 5) is 0. The average molecular weight is 342 g/mol. The van der Waals surface area contributed by atoms with Crippen LogP contribution in [0.1, 0.15) is 31.0 Å². The summed E-state index contributed by atoms with van der Waals surface area (Å²) in [6, 6.07) is 10.6. The molecule has 0 aliphatic rings. The molecule has 118 valence electrons. The first kappa shape index (κ1) is 17.1. The van der Waals surface area contributed by atoms with Gasteiger partial charge in [0, 0.05) is 17.6 Å². The highest BCUT2D eigenvalue weighted by molar-refractivity contribution is 6.35. The molecule has 2 nitrogen and oxygen atoms in total. The molecule has 0 aromatic heterocycles. The second kappa shape index (κ2) is 7.82. The Morgan fingerprint density at radius 2 is 1.95 bits per heavy atom. The fraction of sp³-hybridized carbons (Fsp3) is 0.294. The Hall–Kier alpha value is -1.29. The van der Waals surface area contributed by atoms with Crippen LogP contribution in [0, 0.1) is 5.82 Å². The van der Waals surface area contributed by atoms with E-state index in [9.17, 15) is 4.39 Å². The standard InChI is InChI=1S/C17H18Cl2FNO/c1-3-22-13-6-4-5-12(7-13)10-21-11(2)14-8-17(20)16(19)9-15(14)18/h4-9,11,21H,3,10H2,1-2H3. The molecule has 1 unspecified atom stereocenters. The normalized spacial score (nSPS) is 12.2. The SMILES string of the molecule is CCOc1cccc(CNC(C)c2cc(F)c(Cl)cc2Cl)c1. The molecule has 0 saturated heterocycles. The third-order valence-corrected chi connectivity index (χ3v) is 3.94. The van der Waals surface area contributed by atoms with Crippen molar-refractivity contribution in [3.63, 3.8) is 0 Å². The van der Waals surface area contributed by atoms with Gasteiger partial charge in [-0.1, -0.05) is 35.3 Å². The molecule has 0 aliphatic carbocycles. The lowest BCUT2D eigenvalue weighted by Gasteiger charge is -2.16. The Morgan fingerprint density at radius 3 is 2.68 bits per heavy atom. The van der Waals surface area contributed by atoms with Crippen LogP contribution in [0.3, 0.4) is 0 Å². The van der Waals surface area contributed by atoms with E-state index in [0.29, 0.717) is 23.7 Å². The first-order valence-corrected chi connectivity index (χ1v) is 7.86. The van der Waals surface area contributed by atoms with Crippen LogP contribution < -0.4 is 10.1 Å². The summed E-state index contributed by atoms with van der Waals surface area (Å²) in [7, 11) is 0. The van der Waals surface area contributed by atoms with E-state index < -0.39 is 5.82 Å². The lowest BCUT2D eigenvalue weighted by Crippen LogP contribution is -2.18. The monoisotopic (exact) mass is 341 g/mol. The van der Waals surface area contributed by atoms with Gasteiger partial charge >= 0.3 is 0 Å². The number of hydrogen-bond donors (Lipinski definition) is 1. The molecule has 0 bridgehead atoms. The first-order chi connectivity index (χ1) is 10.5. The predicted octanol–water partition coefficient (Wildman–Crippen LogP) is 5.38. The van der Waals surface area contributed by atoms with Crippen molar-refractivity contribution in [2.24, 2.45) is 0 Å². The molecule has 0 saturated carbocycles. The second-order valence-corrected chi connectivity index (χ2v) is 5.79. The van der Waals surface area contributed by atoms with Gasteiger partial charge in [0.05, 0.1) is 11.6 Å². The molecule has 0 spiro atoms.